The van der Waals surface area contributed by atoms with E-state index in [1.807, 2.05) is 35.2 Å². The van der Waals surface area contributed by atoms with Crippen molar-refractivity contribution in [3.05, 3.63) is 35.9 Å². The minimum absolute atomic E-state index is 0.0438. The first-order valence-corrected chi connectivity index (χ1v) is 8.92. The highest BCUT2D eigenvalue weighted by atomic mass is 16.5. The molecule has 2 atom stereocenters. The normalized spacial score (nSPS) is 27.0. The molecule has 0 spiro atoms. The first-order valence-electron chi connectivity index (χ1n) is 8.92. The van der Waals surface area contributed by atoms with Gasteiger partial charge >= 0.3 is 0 Å². The van der Waals surface area contributed by atoms with E-state index in [0.717, 1.165) is 18.7 Å². The lowest BCUT2D eigenvalue weighted by Gasteiger charge is -2.48. The predicted molar refractivity (Wildman–Crippen MR) is 95.0 cm³/mol. The molecule has 0 aromatic heterocycles. The molecule has 2 aliphatic heterocycles. The van der Waals surface area contributed by atoms with Gasteiger partial charge in [0, 0.05) is 25.2 Å². The number of likely N-dealkylation sites (N-methyl/N-ethyl adjacent to an activating group) is 1. The molecular weight excluding hydrogens is 318 g/mol. The highest BCUT2D eigenvalue weighted by Gasteiger charge is 2.42. The molecule has 3 rings (SSSR count). The second kappa shape index (κ2) is 7.14. The lowest BCUT2D eigenvalue weighted by Crippen LogP contribution is -2.63. The van der Waals surface area contributed by atoms with E-state index in [0.29, 0.717) is 13.1 Å². The van der Waals surface area contributed by atoms with Crippen molar-refractivity contribution in [3.63, 3.8) is 0 Å². The van der Waals surface area contributed by atoms with Gasteiger partial charge in [-0.15, -0.1) is 0 Å². The van der Waals surface area contributed by atoms with Crippen LogP contribution in [-0.4, -0.2) is 66.0 Å². The van der Waals surface area contributed by atoms with Crippen LogP contribution in [0.5, 0.6) is 0 Å². The first kappa shape index (κ1) is 17.9. The maximum Gasteiger partial charge on any atom is 0.254 e. The summed E-state index contributed by atoms with van der Waals surface area (Å²) in [6.45, 7) is 9.56. The Hall–Kier alpha value is -1.92. The van der Waals surface area contributed by atoms with Crippen molar-refractivity contribution < 1.29 is 14.3 Å². The Kier molecular flexibility index (Phi) is 5.11. The van der Waals surface area contributed by atoms with Gasteiger partial charge in [0.25, 0.3) is 5.91 Å². The Morgan fingerprint density at radius 2 is 2.00 bits per heavy atom. The molecule has 1 aromatic rings. The second-order valence-electron chi connectivity index (χ2n) is 7.34. The van der Waals surface area contributed by atoms with E-state index in [2.05, 4.69) is 31.0 Å². The van der Waals surface area contributed by atoms with Crippen molar-refractivity contribution in [2.45, 2.75) is 38.5 Å². The molecule has 2 heterocycles. The van der Waals surface area contributed by atoms with E-state index >= 15 is 0 Å². The van der Waals surface area contributed by atoms with Crippen LogP contribution in [0.4, 0.5) is 0 Å². The summed E-state index contributed by atoms with van der Waals surface area (Å²) in [5.74, 6) is -0.230. The zero-order valence-corrected chi connectivity index (χ0v) is 15.2. The summed E-state index contributed by atoms with van der Waals surface area (Å²) in [5.41, 5.74) is 0.823. The monoisotopic (exact) mass is 345 g/mol. The van der Waals surface area contributed by atoms with E-state index in [4.69, 9.17) is 4.74 Å². The quantitative estimate of drug-likeness (QED) is 0.894. The van der Waals surface area contributed by atoms with Crippen molar-refractivity contribution in [1.82, 2.24) is 15.1 Å². The predicted octanol–water partition coefficient (Wildman–Crippen LogP) is 1.19. The van der Waals surface area contributed by atoms with Crippen molar-refractivity contribution >= 4 is 11.8 Å². The number of benzene rings is 1. The van der Waals surface area contributed by atoms with E-state index in [-0.39, 0.29) is 24.0 Å². The molecule has 2 saturated heterocycles. The van der Waals surface area contributed by atoms with Crippen LogP contribution in [0.3, 0.4) is 0 Å². The molecule has 2 aliphatic rings. The van der Waals surface area contributed by atoms with Gasteiger partial charge in [-0.3, -0.25) is 14.5 Å². The first-order chi connectivity index (χ1) is 11.9. The highest BCUT2D eigenvalue weighted by Crippen LogP contribution is 2.27. The SMILES string of the molecule is CCN1CCN(C(=O)[C@H]2OCC(=O)N[C@@H]2c2ccccc2)CC1(C)C. The van der Waals surface area contributed by atoms with Crippen LogP contribution < -0.4 is 5.32 Å². The fourth-order valence-corrected chi connectivity index (χ4v) is 3.83. The molecule has 0 radical (unpaired) electrons. The van der Waals surface area contributed by atoms with Gasteiger partial charge in [0.05, 0.1) is 6.04 Å². The Balaban J connectivity index is 1.79. The number of nitrogens with one attached hydrogen (secondary N) is 1. The van der Waals surface area contributed by atoms with Crippen LogP contribution in [0, 0.1) is 0 Å². The molecule has 6 nitrogen and oxygen atoms in total. The molecule has 0 unspecified atom stereocenters. The second-order valence-corrected chi connectivity index (χ2v) is 7.34. The number of piperazine rings is 1. The third-order valence-electron chi connectivity index (χ3n) is 5.18. The molecule has 1 N–H and O–H groups in total. The number of amides is 2. The number of hydrogen-bond donors (Lipinski definition) is 1. The lowest BCUT2D eigenvalue weighted by atomic mass is 9.95. The molecule has 25 heavy (non-hydrogen) atoms. The Morgan fingerprint density at radius 1 is 1.28 bits per heavy atom. The van der Waals surface area contributed by atoms with Crippen LogP contribution in [-0.2, 0) is 14.3 Å². The Labute approximate surface area is 149 Å². The third kappa shape index (κ3) is 3.70. The van der Waals surface area contributed by atoms with Crippen LogP contribution in [0.25, 0.3) is 0 Å². The maximum absolute atomic E-state index is 13.2. The molecular formula is C19H27N3O3. The highest BCUT2D eigenvalue weighted by molar-refractivity contribution is 5.86. The van der Waals surface area contributed by atoms with Gasteiger partial charge in [0.2, 0.25) is 5.91 Å². The summed E-state index contributed by atoms with van der Waals surface area (Å²) >= 11 is 0. The summed E-state index contributed by atoms with van der Waals surface area (Å²) in [6, 6.07) is 9.11. The molecule has 0 bridgehead atoms. The van der Waals surface area contributed by atoms with Gasteiger partial charge < -0.3 is 15.0 Å². The number of carbonyl (C=O) groups excluding carboxylic acids is 2. The van der Waals surface area contributed by atoms with Gasteiger partial charge in [-0.1, -0.05) is 37.3 Å². The lowest BCUT2D eigenvalue weighted by molar-refractivity contribution is -0.158. The summed E-state index contributed by atoms with van der Waals surface area (Å²) in [6.07, 6.45) is -0.677. The van der Waals surface area contributed by atoms with Crippen LogP contribution in [0.1, 0.15) is 32.4 Å². The third-order valence-corrected chi connectivity index (χ3v) is 5.18. The molecule has 2 fully saturated rings. The van der Waals surface area contributed by atoms with Crippen LogP contribution in [0.15, 0.2) is 30.3 Å². The Bertz CT molecular complexity index is 632. The number of rotatable bonds is 3. The number of hydrogen-bond acceptors (Lipinski definition) is 4. The molecule has 0 saturated carbocycles. The summed E-state index contributed by atoms with van der Waals surface area (Å²) in [5, 5.41) is 2.92. The van der Waals surface area contributed by atoms with Gasteiger partial charge in [-0.2, -0.15) is 0 Å². The van der Waals surface area contributed by atoms with E-state index in [9.17, 15) is 9.59 Å². The van der Waals surface area contributed by atoms with Crippen molar-refractivity contribution in [2.75, 3.05) is 32.8 Å². The Morgan fingerprint density at radius 3 is 2.64 bits per heavy atom. The smallest absolute Gasteiger partial charge is 0.254 e. The maximum atomic E-state index is 13.2. The van der Waals surface area contributed by atoms with Gasteiger partial charge in [0.1, 0.15) is 6.61 Å². The van der Waals surface area contributed by atoms with E-state index < -0.39 is 12.1 Å². The fraction of sp³-hybridized carbons (Fsp3) is 0.579. The fourth-order valence-electron chi connectivity index (χ4n) is 3.83. The summed E-state index contributed by atoms with van der Waals surface area (Å²) < 4.78 is 5.68. The van der Waals surface area contributed by atoms with Crippen LogP contribution >= 0.6 is 0 Å². The van der Waals surface area contributed by atoms with Gasteiger partial charge in [0.15, 0.2) is 6.10 Å². The molecule has 136 valence electrons. The number of carbonyl (C=O) groups is 2. The topological polar surface area (TPSA) is 61.9 Å². The van der Waals surface area contributed by atoms with Crippen molar-refractivity contribution in [1.29, 1.82) is 0 Å². The average Bonchev–Trinajstić information content (AvgIpc) is 2.61. The van der Waals surface area contributed by atoms with Gasteiger partial charge in [-0.25, -0.2) is 0 Å². The number of nitrogens with zero attached hydrogens (tertiary/aromatic N) is 2. The molecule has 0 aliphatic carbocycles. The summed E-state index contributed by atoms with van der Waals surface area (Å²) in [7, 11) is 0. The zero-order chi connectivity index (χ0) is 18.0. The van der Waals surface area contributed by atoms with E-state index in [1.54, 1.807) is 0 Å². The molecule has 1 aromatic carbocycles. The molecule has 2 amide bonds. The van der Waals surface area contributed by atoms with Gasteiger partial charge in [-0.05, 0) is 26.0 Å². The minimum atomic E-state index is -0.677. The number of morpholine rings is 1. The standard InChI is InChI=1S/C19H27N3O3/c1-4-22-11-10-21(13-19(22,2)3)18(24)17-16(20-15(23)12-25-17)14-8-6-5-7-9-14/h5-9,16-17H,4,10-13H2,1-3H3,(H,20,23)/t16-,17+/m1/s1. The molecule has 6 heteroatoms. The summed E-state index contributed by atoms with van der Waals surface area (Å²) in [4.78, 5) is 29.2. The minimum Gasteiger partial charge on any atom is -0.356 e. The largest absolute Gasteiger partial charge is 0.356 e. The van der Waals surface area contributed by atoms with Crippen LogP contribution in [0.2, 0.25) is 0 Å². The zero-order valence-electron chi connectivity index (χ0n) is 15.2. The average molecular weight is 345 g/mol. The number of ether oxygens (including phenoxy) is 1. The van der Waals surface area contributed by atoms with Crippen molar-refractivity contribution in [2.24, 2.45) is 0 Å². The van der Waals surface area contributed by atoms with Crippen molar-refractivity contribution in [3.8, 4) is 0 Å². The van der Waals surface area contributed by atoms with E-state index in [1.165, 1.54) is 0 Å².